The van der Waals surface area contributed by atoms with Crippen molar-refractivity contribution >= 4 is 0 Å². The molecule has 170 valence electrons. The van der Waals surface area contributed by atoms with E-state index in [4.69, 9.17) is 16.8 Å². The number of hydrogen-bond donors (Lipinski definition) is 0. The number of benzene rings is 2. The van der Waals surface area contributed by atoms with E-state index in [1.807, 2.05) is 60.7 Å². The highest BCUT2D eigenvalue weighted by molar-refractivity contribution is 5.77. The minimum absolute atomic E-state index is 0.159. The van der Waals surface area contributed by atoms with E-state index in [0.29, 0.717) is 11.3 Å². The summed E-state index contributed by atoms with van der Waals surface area (Å²) in [6, 6.07) is 23.0. The maximum Gasteiger partial charge on any atom is 0.0717 e. The molecule has 0 radical (unpaired) electrons. The number of nitrogens with zero attached hydrogens (tertiary/aromatic N) is 4. The summed E-state index contributed by atoms with van der Waals surface area (Å²) in [5, 5.41) is 0. The van der Waals surface area contributed by atoms with Gasteiger partial charge in [0.05, 0.1) is 29.6 Å². The normalized spacial score (nSPS) is 12.7. The predicted molar refractivity (Wildman–Crippen MR) is 145 cm³/mol. The third-order valence-corrected chi connectivity index (χ3v) is 5.77. The molecule has 0 spiro atoms. The van der Waals surface area contributed by atoms with Crippen molar-refractivity contribution in [3.63, 3.8) is 0 Å². The Morgan fingerprint density at radius 1 is 0.417 bits per heavy atom. The highest BCUT2D eigenvalue weighted by Crippen LogP contribution is 2.31. The fourth-order valence-corrected chi connectivity index (χ4v) is 4.00. The molecule has 36 heavy (non-hydrogen) atoms. The SMILES string of the molecule is [2H]c1c([2H])c([2H])c(-c2cccc(-c3cccc(-c4cc(-c5ccncc5)nc(-c5ccncc5)c4)n3)c2)c([2H])c1[2H]. The molecule has 4 heteroatoms. The lowest BCUT2D eigenvalue weighted by Crippen LogP contribution is -1.94. The van der Waals surface area contributed by atoms with Gasteiger partial charge in [-0.2, -0.15) is 0 Å². The first-order valence-corrected chi connectivity index (χ1v) is 11.4. The van der Waals surface area contributed by atoms with Crippen molar-refractivity contribution in [3.05, 3.63) is 134 Å². The number of aromatic nitrogens is 4. The van der Waals surface area contributed by atoms with Crippen molar-refractivity contribution in [2.75, 3.05) is 0 Å². The van der Waals surface area contributed by atoms with E-state index in [0.717, 1.165) is 39.3 Å². The van der Waals surface area contributed by atoms with Crippen LogP contribution in [0, 0.1) is 0 Å². The van der Waals surface area contributed by atoms with E-state index < -0.39 is 6.04 Å². The fourth-order valence-electron chi connectivity index (χ4n) is 4.00. The second kappa shape index (κ2) is 9.72. The number of hydrogen-bond acceptors (Lipinski definition) is 4. The van der Waals surface area contributed by atoms with E-state index in [1.165, 1.54) is 0 Å². The lowest BCUT2D eigenvalue weighted by molar-refractivity contribution is 1.26. The Balaban J connectivity index is 1.46. The molecule has 0 fully saturated rings. The third-order valence-electron chi connectivity index (χ3n) is 5.77. The van der Waals surface area contributed by atoms with E-state index >= 15 is 0 Å². The van der Waals surface area contributed by atoms with Gasteiger partial charge in [-0.15, -0.1) is 0 Å². The highest BCUT2D eigenvalue weighted by atomic mass is 14.7. The lowest BCUT2D eigenvalue weighted by atomic mass is 10.0. The Hall–Kier alpha value is -4.96. The van der Waals surface area contributed by atoms with Gasteiger partial charge in [-0.25, -0.2) is 9.97 Å². The summed E-state index contributed by atoms with van der Waals surface area (Å²) in [5.74, 6) is 0. The zero-order chi connectivity index (χ0) is 28.5. The van der Waals surface area contributed by atoms with Crippen LogP contribution < -0.4 is 0 Å². The summed E-state index contributed by atoms with van der Waals surface area (Å²) in [4.78, 5) is 18.1. The van der Waals surface area contributed by atoms with Gasteiger partial charge in [0, 0.05) is 47.0 Å². The first-order valence-electron chi connectivity index (χ1n) is 13.9. The predicted octanol–water partition coefficient (Wildman–Crippen LogP) is 7.60. The minimum atomic E-state index is -0.413. The molecule has 0 bridgehead atoms. The second-order valence-corrected chi connectivity index (χ2v) is 8.09. The van der Waals surface area contributed by atoms with Crippen LogP contribution in [0.3, 0.4) is 0 Å². The molecule has 4 heterocycles. The maximum atomic E-state index is 8.37. The topological polar surface area (TPSA) is 51.6 Å². The average Bonchev–Trinajstić information content (AvgIpc) is 3.04. The summed E-state index contributed by atoms with van der Waals surface area (Å²) in [6.07, 6.45) is 6.93. The first-order chi connectivity index (χ1) is 19.9. The monoisotopic (exact) mass is 467 g/mol. The Kier molecular flexibility index (Phi) is 4.49. The Bertz CT molecular complexity index is 1810. The van der Waals surface area contributed by atoms with Crippen LogP contribution in [0.4, 0.5) is 0 Å². The molecule has 0 atom stereocenters. The Morgan fingerprint density at radius 2 is 0.944 bits per heavy atom. The van der Waals surface area contributed by atoms with Crippen LogP contribution in [0.15, 0.2) is 134 Å². The number of pyridine rings is 4. The summed E-state index contributed by atoms with van der Waals surface area (Å²) < 4.78 is 40.8. The van der Waals surface area contributed by atoms with Gasteiger partial charge in [-0.1, -0.05) is 54.5 Å². The van der Waals surface area contributed by atoms with Gasteiger partial charge in [-0.3, -0.25) is 9.97 Å². The molecular weight excluding hydrogens is 440 g/mol. The summed E-state index contributed by atoms with van der Waals surface area (Å²) in [6.45, 7) is 0. The van der Waals surface area contributed by atoms with Crippen LogP contribution in [-0.4, -0.2) is 19.9 Å². The van der Waals surface area contributed by atoms with Crippen molar-refractivity contribution in [1.29, 1.82) is 0 Å². The summed E-state index contributed by atoms with van der Waals surface area (Å²) in [7, 11) is 0. The molecule has 0 aliphatic heterocycles. The number of rotatable bonds is 5. The van der Waals surface area contributed by atoms with Gasteiger partial charge in [0.2, 0.25) is 0 Å². The van der Waals surface area contributed by atoms with E-state index in [2.05, 4.69) is 9.97 Å². The van der Waals surface area contributed by atoms with Crippen molar-refractivity contribution in [3.8, 4) is 56.2 Å². The van der Waals surface area contributed by atoms with Crippen molar-refractivity contribution < 1.29 is 6.85 Å². The molecule has 0 amide bonds. The average molecular weight is 468 g/mol. The van der Waals surface area contributed by atoms with Gasteiger partial charge in [0.1, 0.15) is 0 Å². The van der Waals surface area contributed by atoms with Crippen LogP contribution in [0.1, 0.15) is 6.85 Å². The molecule has 6 rings (SSSR count). The quantitative estimate of drug-likeness (QED) is 0.262. The minimum Gasteiger partial charge on any atom is -0.265 e. The molecule has 2 aromatic carbocycles. The lowest BCUT2D eigenvalue weighted by Gasteiger charge is -2.11. The van der Waals surface area contributed by atoms with Gasteiger partial charge in [-0.05, 0) is 65.7 Å². The van der Waals surface area contributed by atoms with Crippen molar-refractivity contribution in [2.24, 2.45) is 0 Å². The molecule has 0 unspecified atom stereocenters. The standard InChI is InChI=1S/C32H22N4/c1-2-6-23(7-3-1)26-8-4-9-27(20-26)29-10-5-11-30(35-29)28-21-31(24-12-16-33-17-13-24)36-32(22-28)25-14-18-34-19-15-25/h1-22H/i1D,2D,3D,6D,7D. The molecular formula is C32H22N4. The summed E-state index contributed by atoms with van der Waals surface area (Å²) in [5.41, 5.74) is 7.17. The van der Waals surface area contributed by atoms with Gasteiger partial charge in [0.25, 0.3) is 0 Å². The highest BCUT2D eigenvalue weighted by Gasteiger charge is 2.11. The third kappa shape index (κ3) is 4.52. The molecule has 0 aliphatic carbocycles. The summed E-state index contributed by atoms with van der Waals surface area (Å²) >= 11 is 0. The molecule has 0 aliphatic rings. The van der Waals surface area contributed by atoms with Crippen LogP contribution in [-0.2, 0) is 0 Å². The van der Waals surface area contributed by atoms with Gasteiger partial charge < -0.3 is 0 Å². The Labute approximate surface area is 217 Å². The van der Waals surface area contributed by atoms with Crippen molar-refractivity contribution in [1.82, 2.24) is 19.9 Å². The Morgan fingerprint density at radius 3 is 1.58 bits per heavy atom. The molecule has 0 N–H and O–H groups in total. The smallest absolute Gasteiger partial charge is 0.0717 e. The molecule has 4 aromatic heterocycles. The molecule has 4 nitrogen and oxygen atoms in total. The van der Waals surface area contributed by atoms with E-state index in [9.17, 15) is 0 Å². The van der Waals surface area contributed by atoms with Gasteiger partial charge in [0.15, 0.2) is 0 Å². The van der Waals surface area contributed by atoms with Gasteiger partial charge >= 0.3 is 0 Å². The molecule has 0 saturated heterocycles. The van der Waals surface area contributed by atoms with Crippen LogP contribution in [0.5, 0.6) is 0 Å². The largest absolute Gasteiger partial charge is 0.265 e. The fraction of sp³-hybridized carbons (Fsp3) is 0. The molecule has 6 aromatic rings. The zero-order valence-electron chi connectivity index (χ0n) is 24.1. The maximum absolute atomic E-state index is 8.37. The molecule has 0 saturated carbocycles. The van der Waals surface area contributed by atoms with Crippen LogP contribution >= 0.6 is 0 Å². The van der Waals surface area contributed by atoms with E-state index in [-0.39, 0.29) is 29.7 Å². The van der Waals surface area contributed by atoms with E-state index in [1.54, 1.807) is 43.0 Å². The van der Waals surface area contributed by atoms with Crippen molar-refractivity contribution in [2.45, 2.75) is 0 Å². The van der Waals surface area contributed by atoms with Crippen LogP contribution in [0.2, 0.25) is 0 Å². The first kappa shape index (κ1) is 16.6. The second-order valence-electron chi connectivity index (χ2n) is 8.09. The zero-order valence-corrected chi connectivity index (χ0v) is 19.1. The van der Waals surface area contributed by atoms with Crippen LogP contribution in [0.25, 0.3) is 56.2 Å².